The fourth-order valence-electron chi connectivity index (χ4n) is 1.57. The molecule has 5 nitrogen and oxygen atoms in total. The number of methoxy groups -OCH3 is 1. The second-order valence-electron chi connectivity index (χ2n) is 4.06. The smallest absolute Gasteiger partial charge is 0.316 e. The predicted molar refractivity (Wildman–Crippen MR) is 70.0 cm³/mol. The van der Waals surface area contributed by atoms with Crippen LogP contribution in [0, 0.1) is 6.92 Å². The molecule has 0 amide bonds. The lowest BCUT2D eigenvalue weighted by atomic mass is 10.2. The monoisotopic (exact) mass is 260 g/mol. The average Bonchev–Trinajstić information content (AvgIpc) is 2.46. The van der Waals surface area contributed by atoms with Gasteiger partial charge in [-0.3, -0.25) is 0 Å². The summed E-state index contributed by atoms with van der Waals surface area (Å²) in [7, 11) is 1.63. The molecule has 1 aromatic carbocycles. The molecule has 2 aromatic rings. The highest BCUT2D eigenvalue weighted by atomic mass is 16.5. The molecule has 1 aromatic heterocycles. The minimum atomic E-state index is -0.0649. The van der Waals surface area contributed by atoms with Crippen LogP contribution < -0.4 is 9.47 Å². The highest BCUT2D eigenvalue weighted by Gasteiger charge is 2.04. The van der Waals surface area contributed by atoms with Crippen LogP contribution in [0.4, 0.5) is 0 Å². The van der Waals surface area contributed by atoms with Gasteiger partial charge in [0.25, 0.3) is 0 Å². The number of nitrogens with zero attached hydrogens (tertiary/aromatic N) is 2. The molecule has 0 saturated carbocycles. The van der Waals surface area contributed by atoms with E-state index in [0.717, 1.165) is 17.0 Å². The first kappa shape index (κ1) is 13.3. The molecule has 0 aliphatic heterocycles. The van der Waals surface area contributed by atoms with Gasteiger partial charge in [-0.25, -0.2) is 9.97 Å². The number of ether oxygens (including phenoxy) is 2. The second-order valence-corrected chi connectivity index (χ2v) is 4.06. The van der Waals surface area contributed by atoms with Crippen molar-refractivity contribution in [1.29, 1.82) is 0 Å². The molecule has 0 aliphatic carbocycles. The fraction of sp³-hybridized carbons (Fsp3) is 0.286. The van der Waals surface area contributed by atoms with Crippen LogP contribution in [0.25, 0.3) is 0 Å². The average molecular weight is 260 g/mol. The van der Waals surface area contributed by atoms with E-state index in [1.165, 1.54) is 0 Å². The van der Waals surface area contributed by atoms with Gasteiger partial charge in [-0.2, -0.15) is 0 Å². The molecule has 0 unspecified atom stereocenters. The van der Waals surface area contributed by atoms with Crippen molar-refractivity contribution >= 4 is 0 Å². The van der Waals surface area contributed by atoms with Gasteiger partial charge in [-0.05, 0) is 24.6 Å². The van der Waals surface area contributed by atoms with Crippen LogP contribution in [-0.4, -0.2) is 22.2 Å². The van der Waals surface area contributed by atoms with Crippen LogP contribution in [0.1, 0.15) is 16.8 Å². The Labute approximate surface area is 111 Å². The zero-order chi connectivity index (χ0) is 13.7. The molecule has 0 aliphatic rings. The van der Waals surface area contributed by atoms with Crippen molar-refractivity contribution in [3.05, 3.63) is 47.3 Å². The summed E-state index contributed by atoms with van der Waals surface area (Å²) < 4.78 is 10.6. The van der Waals surface area contributed by atoms with Gasteiger partial charge >= 0.3 is 6.01 Å². The van der Waals surface area contributed by atoms with Gasteiger partial charge in [0.2, 0.25) is 0 Å². The van der Waals surface area contributed by atoms with Crippen LogP contribution in [0.5, 0.6) is 11.8 Å². The molecule has 1 N–H and O–H groups in total. The zero-order valence-electron chi connectivity index (χ0n) is 11.0. The summed E-state index contributed by atoms with van der Waals surface area (Å²) in [4.78, 5) is 8.22. The van der Waals surface area contributed by atoms with Crippen LogP contribution in [0.2, 0.25) is 0 Å². The summed E-state index contributed by atoms with van der Waals surface area (Å²) >= 11 is 0. The van der Waals surface area contributed by atoms with E-state index < -0.39 is 0 Å². The van der Waals surface area contributed by atoms with Crippen molar-refractivity contribution in [3.63, 3.8) is 0 Å². The van der Waals surface area contributed by atoms with E-state index in [-0.39, 0.29) is 6.61 Å². The minimum absolute atomic E-state index is 0.0649. The molecule has 0 saturated heterocycles. The molecule has 100 valence electrons. The number of aromatic nitrogens is 2. The first-order valence-electron chi connectivity index (χ1n) is 5.92. The Bertz CT molecular complexity index is 541. The summed E-state index contributed by atoms with van der Waals surface area (Å²) in [6.07, 6.45) is 1.58. The van der Waals surface area contributed by atoms with Crippen LogP contribution >= 0.6 is 0 Å². The van der Waals surface area contributed by atoms with Crippen molar-refractivity contribution in [3.8, 4) is 11.8 Å². The minimum Gasteiger partial charge on any atom is -0.497 e. The molecule has 0 bridgehead atoms. The van der Waals surface area contributed by atoms with Crippen LogP contribution in [0.3, 0.4) is 0 Å². The van der Waals surface area contributed by atoms with Crippen molar-refractivity contribution < 1.29 is 14.6 Å². The molecule has 1 heterocycles. The lowest BCUT2D eigenvalue weighted by molar-refractivity contribution is 0.269. The Morgan fingerprint density at radius 2 is 1.95 bits per heavy atom. The van der Waals surface area contributed by atoms with Crippen LogP contribution in [0.15, 0.2) is 30.5 Å². The number of hydrogen-bond acceptors (Lipinski definition) is 5. The largest absolute Gasteiger partial charge is 0.497 e. The summed E-state index contributed by atoms with van der Waals surface area (Å²) in [5.74, 6) is 0.808. The fourth-order valence-corrected chi connectivity index (χ4v) is 1.57. The lowest BCUT2D eigenvalue weighted by Crippen LogP contribution is -2.02. The van der Waals surface area contributed by atoms with E-state index in [1.807, 2.05) is 31.2 Å². The van der Waals surface area contributed by atoms with E-state index in [4.69, 9.17) is 14.6 Å². The summed E-state index contributed by atoms with van der Waals surface area (Å²) in [6.45, 7) is 2.14. The number of benzene rings is 1. The zero-order valence-corrected chi connectivity index (χ0v) is 11.0. The van der Waals surface area contributed by atoms with E-state index >= 15 is 0 Å². The number of hydrogen-bond donors (Lipinski definition) is 1. The Balaban J connectivity index is 1.99. The Kier molecular flexibility index (Phi) is 4.30. The summed E-state index contributed by atoms with van der Waals surface area (Å²) in [6, 6.07) is 7.91. The van der Waals surface area contributed by atoms with Crippen LogP contribution in [-0.2, 0) is 13.2 Å². The quantitative estimate of drug-likeness (QED) is 0.889. The van der Waals surface area contributed by atoms with E-state index in [0.29, 0.717) is 18.2 Å². The standard InChI is InChI=1S/C14H16N2O3/c1-10-12(8-17)7-15-14(16-10)19-9-11-3-5-13(18-2)6-4-11/h3-7,17H,8-9H2,1-2H3. The third kappa shape index (κ3) is 3.42. The van der Waals surface area contributed by atoms with E-state index in [2.05, 4.69) is 9.97 Å². The lowest BCUT2D eigenvalue weighted by Gasteiger charge is -2.07. The predicted octanol–water partition coefficient (Wildman–Crippen LogP) is 1.86. The summed E-state index contributed by atoms with van der Waals surface area (Å²) in [5, 5.41) is 9.03. The number of aryl methyl sites for hydroxylation is 1. The van der Waals surface area contributed by atoms with Crippen molar-refractivity contribution in [2.75, 3.05) is 7.11 Å². The van der Waals surface area contributed by atoms with Crippen molar-refractivity contribution in [2.24, 2.45) is 0 Å². The Morgan fingerprint density at radius 3 is 2.53 bits per heavy atom. The highest BCUT2D eigenvalue weighted by Crippen LogP contribution is 2.14. The maximum absolute atomic E-state index is 9.03. The third-order valence-electron chi connectivity index (χ3n) is 2.76. The first-order valence-corrected chi connectivity index (χ1v) is 5.92. The van der Waals surface area contributed by atoms with Crippen molar-refractivity contribution in [2.45, 2.75) is 20.1 Å². The number of aliphatic hydroxyl groups is 1. The molecule has 0 atom stereocenters. The molecule has 19 heavy (non-hydrogen) atoms. The molecule has 5 heteroatoms. The number of aliphatic hydroxyl groups excluding tert-OH is 1. The van der Waals surface area contributed by atoms with E-state index in [9.17, 15) is 0 Å². The van der Waals surface area contributed by atoms with Gasteiger partial charge in [0, 0.05) is 11.8 Å². The molecule has 0 fully saturated rings. The van der Waals surface area contributed by atoms with Crippen molar-refractivity contribution in [1.82, 2.24) is 9.97 Å². The van der Waals surface area contributed by atoms with E-state index in [1.54, 1.807) is 13.3 Å². The Morgan fingerprint density at radius 1 is 1.21 bits per heavy atom. The number of rotatable bonds is 5. The molecular formula is C14H16N2O3. The molecule has 2 rings (SSSR count). The third-order valence-corrected chi connectivity index (χ3v) is 2.76. The van der Waals surface area contributed by atoms with Gasteiger partial charge in [0.05, 0.1) is 19.4 Å². The summed E-state index contributed by atoms with van der Waals surface area (Å²) in [5.41, 5.74) is 2.44. The normalized spacial score (nSPS) is 10.3. The molecule has 0 radical (unpaired) electrons. The van der Waals surface area contributed by atoms with Gasteiger partial charge in [0.1, 0.15) is 12.4 Å². The van der Waals surface area contributed by atoms with Gasteiger partial charge in [0.15, 0.2) is 0 Å². The SMILES string of the molecule is COc1ccc(COc2ncc(CO)c(C)n2)cc1. The second kappa shape index (κ2) is 6.15. The highest BCUT2D eigenvalue weighted by molar-refractivity contribution is 5.27. The topological polar surface area (TPSA) is 64.5 Å². The van der Waals surface area contributed by atoms with Gasteiger partial charge < -0.3 is 14.6 Å². The molecular weight excluding hydrogens is 244 g/mol. The maximum Gasteiger partial charge on any atom is 0.316 e. The maximum atomic E-state index is 9.03. The van der Waals surface area contributed by atoms with Gasteiger partial charge in [-0.15, -0.1) is 0 Å². The first-order chi connectivity index (χ1) is 9.22. The van der Waals surface area contributed by atoms with Gasteiger partial charge in [-0.1, -0.05) is 12.1 Å². The Hall–Kier alpha value is -2.14. The molecule has 0 spiro atoms.